The van der Waals surface area contributed by atoms with E-state index in [0.29, 0.717) is 0 Å². The van der Waals surface area contributed by atoms with E-state index in [9.17, 15) is 0 Å². The minimum absolute atomic E-state index is 0.904. The van der Waals surface area contributed by atoms with Crippen LogP contribution in [0, 0.1) is 5.92 Å². The molecule has 0 aromatic heterocycles. The fraction of sp³-hybridized carbons (Fsp3) is 0.800. The van der Waals surface area contributed by atoms with Crippen LogP contribution < -0.4 is 0 Å². The van der Waals surface area contributed by atoms with E-state index in [1.165, 1.54) is 25.7 Å². The van der Waals surface area contributed by atoms with E-state index >= 15 is 0 Å². The van der Waals surface area contributed by atoms with E-state index in [1.807, 2.05) is 0 Å². The summed E-state index contributed by atoms with van der Waals surface area (Å²) in [4.78, 5) is 0. The first-order valence-electron chi connectivity index (χ1n) is 4.56. The molecule has 11 heavy (non-hydrogen) atoms. The van der Waals surface area contributed by atoms with Crippen LogP contribution >= 0.6 is 15.9 Å². The van der Waals surface area contributed by atoms with Crippen molar-refractivity contribution in [2.45, 2.75) is 39.5 Å². The number of allylic oxidation sites excluding steroid dienone is 2. The highest BCUT2D eigenvalue weighted by Crippen LogP contribution is 2.12. The SMILES string of the molecule is CCC(CC)C/C=C/CCBr. The number of rotatable bonds is 6. The van der Waals surface area contributed by atoms with Crippen molar-refractivity contribution in [2.24, 2.45) is 5.92 Å². The topological polar surface area (TPSA) is 0 Å². The third-order valence-corrected chi connectivity index (χ3v) is 2.52. The summed E-state index contributed by atoms with van der Waals surface area (Å²) >= 11 is 3.40. The first kappa shape index (κ1) is 11.2. The Morgan fingerprint density at radius 2 is 1.82 bits per heavy atom. The van der Waals surface area contributed by atoms with Gasteiger partial charge in [-0.05, 0) is 18.8 Å². The average Bonchev–Trinajstić information content (AvgIpc) is 2.05. The molecule has 0 aromatic carbocycles. The second kappa shape index (κ2) is 8.32. The molecule has 0 spiro atoms. The maximum Gasteiger partial charge on any atom is 0.00659 e. The minimum Gasteiger partial charge on any atom is -0.0925 e. The van der Waals surface area contributed by atoms with Crippen LogP contribution in [-0.4, -0.2) is 5.33 Å². The van der Waals surface area contributed by atoms with Gasteiger partial charge in [0.15, 0.2) is 0 Å². The summed E-state index contributed by atoms with van der Waals surface area (Å²) in [6.07, 6.45) is 9.65. The molecule has 1 heteroatoms. The molecule has 66 valence electrons. The molecule has 0 atom stereocenters. The molecular formula is C10H19Br. The lowest BCUT2D eigenvalue weighted by Crippen LogP contribution is -1.93. The Morgan fingerprint density at radius 1 is 1.18 bits per heavy atom. The van der Waals surface area contributed by atoms with Crippen LogP contribution in [-0.2, 0) is 0 Å². The molecule has 0 N–H and O–H groups in total. The molecule has 0 bridgehead atoms. The predicted octanol–water partition coefficient (Wildman–Crippen LogP) is 4.15. The van der Waals surface area contributed by atoms with Gasteiger partial charge in [-0.1, -0.05) is 54.8 Å². The van der Waals surface area contributed by atoms with Crippen LogP contribution in [0.15, 0.2) is 12.2 Å². The number of alkyl halides is 1. The van der Waals surface area contributed by atoms with E-state index in [4.69, 9.17) is 0 Å². The highest BCUT2D eigenvalue weighted by molar-refractivity contribution is 9.09. The largest absolute Gasteiger partial charge is 0.0925 e. The first-order valence-corrected chi connectivity index (χ1v) is 5.68. The van der Waals surface area contributed by atoms with Gasteiger partial charge in [0, 0.05) is 5.33 Å². The smallest absolute Gasteiger partial charge is 0.00659 e. The third-order valence-electron chi connectivity index (χ3n) is 2.07. The molecular weight excluding hydrogens is 200 g/mol. The van der Waals surface area contributed by atoms with Gasteiger partial charge in [0.1, 0.15) is 0 Å². The maximum absolute atomic E-state index is 3.40. The van der Waals surface area contributed by atoms with Crippen molar-refractivity contribution in [3.05, 3.63) is 12.2 Å². The summed E-state index contributed by atoms with van der Waals surface area (Å²) in [5, 5.41) is 1.09. The Hall–Kier alpha value is 0.220. The maximum atomic E-state index is 3.40. The van der Waals surface area contributed by atoms with Crippen molar-refractivity contribution in [2.75, 3.05) is 5.33 Å². The predicted molar refractivity (Wildman–Crippen MR) is 56.2 cm³/mol. The van der Waals surface area contributed by atoms with Gasteiger partial charge in [-0.15, -0.1) is 0 Å². The van der Waals surface area contributed by atoms with Gasteiger partial charge >= 0.3 is 0 Å². The van der Waals surface area contributed by atoms with Crippen molar-refractivity contribution in [3.63, 3.8) is 0 Å². The monoisotopic (exact) mass is 218 g/mol. The average molecular weight is 219 g/mol. The number of halogens is 1. The van der Waals surface area contributed by atoms with Gasteiger partial charge in [-0.3, -0.25) is 0 Å². The van der Waals surface area contributed by atoms with Gasteiger partial charge in [0.2, 0.25) is 0 Å². The standard InChI is InChI=1S/C10H19Br/c1-3-10(4-2)8-6-5-7-9-11/h5-6,10H,3-4,7-9H2,1-2H3/b6-5+. The number of hydrogen-bond acceptors (Lipinski definition) is 0. The Bertz CT molecular complexity index is 93.0. The second-order valence-electron chi connectivity index (χ2n) is 2.87. The van der Waals surface area contributed by atoms with Crippen LogP contribution in [0.1, 0.15) is 39.5 Å². The molecule has 0 unspecified atom stereocenters. The number of hydrogen-bond donors (Lipinski definition) is 0. The highest BCUT2D eigenvalue weighted by atomic mass is 79.9. The van der Waals surface area contributed by atoms with E-state index in [1.54, 1.807) is 0 Å². The molecule has 0 aliphatic heterocycles. The summed E-state index contributed by atoms with van der Waals surface area (Å²) in [6, 6.07) is 0. The first-order chi connectivity index (χ1) is 5.35. The van der Waals surface area contributed by atoms with Crippen molar-refractivity contribution in [3.8, 4) is 0 Å². The minimum atomic E-state index is 0.904. The molecule has 0 aliphatic rings. The van der Waals surface area contributed by atoms with Gasteiger partial charge in [0.05, 0.1) is 0 Å². The van der Waals surface area contributed by atoms with Crippen LogP contribution in [0.2, 0.25) is 0 Å². The Kier molecular flexibility index (Phi) is 8.48. The van der Waals surface area contributed by atoms with Gasteiger partial charge in [0.25, 0.3) is 0 Å². The molecule has 0 saturated carbocycles. The second-order valence-corrected chi connectivity index (χ2v) is 3.66. The normalized spacial score (nSPS) is 11.6. The summed E-state index contributed by atoms with van der Waals surface area (Å²) < 4.78 is 0. The van der Waals surface area contributed by atoms with Crippen LogP contribution in [0.25, 0.3) is 0 Å². The molecule has 0 nitrogen and oxygen atoms in total. The van der Waals surface area contributed by atoms with Gasteiger partial charge in [-0.2, -0.15) is 0 Å². The van der Waals surface area contributed by atoms with E-state index < -0.39 is 0 Å². The van der Waals surface area contributed by atoms with Gasteiger partial charge in [-0.25, -0.2) is 0 Å². The quantitative estimate of drug-likeness (QED) is 0.465. The lowest BCUT2D eigenvalue weighted by atomic mass is 9.99. The molecule has 0 heterocycles. The molecule has 0 aliphatic carbocycles. The zero-order chi connectivity index (χ0) is 8.53. The van der Waals surface area contributed by atoms with Crippen molar-refractivity contribution < 1.29 is 0 Å². The molecule has 0 aromatic rings. The zero-order valence-corrected chi connectivity index (χ0v) is 9.23. The van der Waals surface area contributed by atoms with E-state index in [2.05, 4.69) is 41.9 Å². The lowest BCUT2D eigenvalue weighted by Gasteiger charge is -2.07. The molecule has 0 rings (SSSR count). The van der Waals surface area contributed by atoms with E-state index in [0.717, 1.165) is 11.2 Å². The van der Waals surface area contributed by atoms with E-state index in [-0.39, 0.29) is 0 Å². The summed E-state index contributed by atoms with van der Waals surface area (Å²) in [7, 11) is 0. The Morgan fingerprint density at radius 3 is 2.27 bits per heavy atom. The van der Waals surface area contributed by atoms with Crippen LogP contribution in [0.5, 0.6) is 0 Å². The fourth-order valence-electron chi connectivity index (χ4n) is 1.09. The van der Waals surface area contributed by atoms with Crippen molar-refractivity contribution in [1.29, 1.82) is 0 Å². The summed E-state index contributed by atoms with van der Waals surface area (Å²) in [5.41, 5.74) is 0. The van der Waals surface area contributed by atoms with Gasteiger partial charge < -0.3 is 0 Å². The molecule has 0 saturated heterocycles. The molecule has 0 radical (unpaired) electrons. The summed E-state index contributed by atoms with van der Waals surface area (Å²) in [6.45, 7) is 4.54. The Balaban J connectivity index is 3.33. The fourth-order valence-corrected chi connectivity index (χ4v) is 1.36. The zero-order valence-electron chi connectivity index (χ0n) is 7.65. The lowest BCUT2D eigenvalue weighted by molar-refractivity contribution is 0.499. The third kappa shape index (κ3) is 6.61. The highest BCUT2D eigenvalue weighted by Gasteiger charge is 1.98. The van der Waals surface area contributed by atoms with Crippen LogP contribution in [0.3, 0.4) is 0 Å². The summed E-state index contributed by atoms with van der Waals surface area (Å²) in [5.74, 6) is 0.904. The van der Waals surface area contributed by atoms with Crippen LogP contribution in [0.4, 0.5) is 0 Å². The molecule has 0 fully saturated rings. The van der Waals surface area contributed by atoms with Crippen molar-refractivity contribution >= 4 is 15.9 Å². The molecule has 0 amide bonds. The Labute approximate surface area is 79.2 Å². The van der Waals surface area contributed by atoms with Crippen molar-refractivity contribution in [1.82, 2.24) is 0 Å².